The van der Waals surface area contributed by atoms with Gasteiger partial charge in [-0.05, 0) is 23.8 Å². The second-order valence-corrected chi connectivity index (χ2v) is 5.17. The van der Waals surface area contributed by atoms with Gasteiger partial charge in [0.1, 0.15) is 11.6 Å². The van der Waals surface area contributed by atoms with Gasteiger partial charge in [-0.3, -0.25) is 0 Å². The lowest BCUT2D eigenvalue weighted by molar-refractivity contribution is 0.344. The summed E-state index contributed by atoms with van der Waals surface area (Å²) in [5.41, 5.74) is 7.08. The highest BCUT2D eigenvalue weighted by molar-refractivity contribution is 7.98. The van der Waals surface area contributed by atoms with Crippen LogP contribution in [0.25, 0.3) is 0 Å². The molecule has 19 heavy (non-hydrogen) atoms. The van der Waals surface area contributed by atoms with Crippen LogP contribution < -0.4 is 10.5 Å². The minimum Gasteiger partial charge on any atom is -0.493 e. The van der Waals surface area contributed by atoms with E-state index in [2.05, 4.69) is 0 Å². The summed E-state index contributed by atoms with van der Waals surface area (Å²) in [4.78, 5) is 0. The van der Waals surface area contributed by atoms with Gasteiger partial charge in [0.25, 0.3) is 0 Å². The maximum absolute atomic E-state index is 13.3. The van der Waals surface area contributed by atoms with Crippen molar-refractivity contribution in [1.29, 1.82) is 0 Å². The fraction of sp³-hybridized carbons (Fsp3) is 0.200. The van der Waals surface area contributed by atoms with E-state index in [9.17, 15) is 4.39 Å². The fourth-order valence-electron chi connectivity index (χ4n) is 1.62. The quantitative estimate of drug-likeness (QED) is 0.645. The number of anilines is 1. The molecule has 0 aromatic heterocycles. The second-order valence-electron chi connectivity index (χ2n) is 4.06. The van der Waals surface area contributed by atoms with Crippen LogP contribution in [-0.2, 0) is 5.75 Å². The Bertz CT molecular complexity index is 533. The molecule has 4 heteroatoms. The zero-order valence-corrected chi connectivity index (χ0v) is 11.3. The Hall–Kier alpha value is -1.68. The molecular formula is C15H16FNOS. The third kappa shape index (κ3) is 4.48. The summed E-state index contributed by atoms with van der Waals surface area (Å²) in [6.45, 7) is 0.586. The van der Waals surface area contributed by atoms with Gasteiger partial charge >= 0.3 is 0 Å². The molecule has 0 radical (unpaired) electrons. The molecule has 0 saturated carbocycles. The lowest BCUT2D eigenvalue weighted by Gasteiger charge is -2.07. The molecule has 0 amide bonds. The Morgan fingerprint density at radius 1 is 1.11 bits per heavy atom. The van der Waals surface area contributed by atoms with Crippen molar-refractivity contribution in [1.82, 2.24) is 0 Å². The van der Waals surface area contributed by atoms with E-state index in [1.54, 1.807) is 30.0 Å². The number of ether oxygens (including phenoxy) is 1. The summed E-state index contributed by atoms with van der Waals surface area (Å²) in [5.74, 6) is 2.09. The summed E-state index contributed by atoms with van der Waals surface area (Å²) in [6, 6.07) is 14.2. The molecule has 2 aromatic carbocycles. The summed E-state index contributed by atoms with van der Waals surface area (Å²) < 4.78 is 18.9. The molecule has 0 saturated heterocycles. The van der Waals surface area contributed by atoms with Crippen molar-refractivity contribution >= 4 is 17.4 Å². The number of halogens is 1. The smallest absolute Gasteiger partial charge is 0.127 e. The molecule has 0 heterocycles. The van der Waals surface area contributed by atoms with E-state index in [0.717, 1.165) is 17.1 Å². The van der Waals surface area contributed by atoms with E-state index >= 15 is 0 Å². The molecule has 0 aliphatic heterocycles. The molecule has 0 aliphatic carbocycles. The average molecular weight is 277 g/mol. The van der Waals surface area contributed by atoms with Gasteiger partial charge in [-0.1, -0.05) is 24.3 Å². The van der Waals surface area contributed by atoms with Gasteiger partial charge < -0.3 is 10.5 Å². The fourth-order valence-corrected chi connectivity index (χ4v) is 2.42. The van der Waals surface area contributed by atoms with Crippen LogP contribution in [-0.4, -0.2) is 12.4 Å². The molecule has 2 aromatic rings. The summed E-state index contributed by atoms with van der Waals surface area (Å²) >= 11 is 1.65. The van der Waals surface area contributed by atoms with Gasteiger partial charge in [-0.2, -0.15) is 11.8 Å². The van der Waals surface area contributed by atoms with Crippen molar-refractivity contribution in [3.63, 3.8) is 0 Å². The minimum absolute atomic E-state index is 0.147. The van der Waals surface area contributed by atoms with E-state index < -0.39 is 0 Å². The third-order valence-corrected chi connectivity index (χ3v) is 3.54. The van der Waals surface area contributed by atoms with Crippen molar-refractivity contribution in [2.75, 3.05) is 18.1 Å². The molecule has 0 unspecified atom stereocenters. The Balaban J connectivity index is 1.69. The SMILES string of the molecule is Nc1cccc(OCCSCc2ccccc2F)c1. The number of hydrogen-bond donors (Lipinski definition) is 1. The molecule has 0 fully saturated rings. The van der Waals surface area contributed by atoms with Crippen molar-refractivity contribution in [3.8, 4) is 5.75 Å². The van der Waals surface area contributed by atoms with Crippen LogP contribution >= 0.6 is 11.8 Å². The molecule has 0 aliphatic rings. The van der Waals surface area contributed by atoms with E-state index in [1.807, 2.05) is 24.3 Å². The van der Waals surface area contributed by atoms with Crippen LogP contribution in [0.5, 0.6) is 5.75 Å². The molecule has 2 rings (SSSR count). The van der Waals surface area contributed by atoms with E-state index in [1.165, 1.54) is 6.07 Å². The highest BCUT2D eigenvalue weighted by Gasteiger charge is 2.00. The van der Waals surface area contributed by atoms with Gasteiger partial charge in [0.15, 0.2) is 0 Å². The standard InChI is InChI=1S/C15H16FNOS/c16-15-7-2-1-4-12(15)11-19-9-8-18-14-6-3-5-13(17)10-14/h1-7,10H,8-9,11,17H2. The topological polar surface area (TPSA) is 35.2 Å². The van der Waals surface area contributed by atoms with E-state index in [-0.39, 0.29) is 5.82 Å². The zero-order chi connectivity index (χ0) is 13.5. The predicted molar refractivity (Wildman–Crippen MR) is 78.9 cm³/mol. The number of nitrogen functional groups attached to an aromatic ring is 1. The second kappa shape index (κ2) is 7.04. The average Bonchev–Trinajstić information content (AvgIpc) is 2.40. The van der Waals surface area contributed by atoms with Gasteiger partial charge in [-0.15, -0.1) is 0 Å². The first-order valence-electron chi connectivity index (χ1n) is 6.05. The van der Waals surface area contributed by atoms with Crippen molar-refractivity contribution < 1.29 is 9.13 Å². The lowest BCUT2D eigenvalue weighted by atomic mass is 10.2. The Morgan fingerprint density at radius 2 is 1.95 bits per heavy atom. The third-order valence-electron chi connectivity index (χ3n) is 2.57. The molecule has 0 bridgehead atoms. The van der Waals surface area contributed by atoms with Gasteiger partial charge in [0.05, 0.1) is 6.61 Å². The van der Waals surface area contributed by atoms with Gasteiger partial charge in [0.2, 0.25) is 0 Å². The van der Waals surface area contributed by atoms with Gasteiger partial charge in [0, 0.05) is 23.3 Å². The molecule has 100 valence electrons. The minimum atomic E-state index is -0.147. The van der Waals surface area contributed by atoms with Gasteiger partial charge in [-0.25, -0.2) is 4.39 Å². The normalized spacial score (nSPS) is 10.4. The summed E-state index contributed by atoms with van der Waals surface area (Å²) in [7, 11) is 0. The van der Waals surface area contributed by atoms with Crippen LogP contribution in [0.2, 0.25) is 0 Å². The number of benzene rings is 2. The number of thioether (sulfide) groups is 1. The van der Waals surface area contributed by atoms with Crippen LogP contribution in [0.1, 0.15) is 5.56 Å². The zero-order valence-electron chi connectivity index (χ0n) is 10.5. The van der Waals surface area contributed by atoms with E-state index in [4.69, 9.17) is 10.5 Å². The molecule has 2 nitrogen and oxygen atoms in total. The van der Waals surface area contributed by atoms with Crippen molar-refractivity contribution in [3.05, 3.63) is 59.9 Å². The van der Waals surface area contributed by atoms with Crippen LogP contribution in [0.4, 0.5) is 10.1 Å². The van der Waals surface area contributed by atoms with Crippen LogP contribution in [0.3, 0.4) is 0 Å². The van der Waals surface area contributed by atoms with Crippen molar-refractivity contribution in [2.24, 2.45) is 0 Å². The Kier molecular flexibility index (Phi) is 5.10. The summed E-state index contributed by atoms with van der Waals surface area (Å²) in [5, 5.41) is 0. The highest BCUT2D eigenvalue weighted by atomic mass is 32.2. The highest BCUT2D eigenvalue weighted by Crippen LogP contribution is 2.17. The molecular weight excluding hydrogens is 261 g/mol. The van der Waals surface area contributed by atoms with Crippen LogP contribution in [0, 0.1) is 5.82 Å². The Labute approximate surface area is 116 Å². The predicted octanol–water partition coefficient (Wildman–Crippen LogP) is 3.72. The summed E-state index contributed by atoms with van der Waals surface area (Å²) in [6.07, 6.45) is 0. The maximum atomic E-state index is 13.3. The largest absolute Gasteiger partial charge is 0.493 e. The first-order valence-corrected chi connectivity index (χ1v) is 7.20. The number of rotatable bonds is 6. The molecule has 0 atom stereocenters. The number of hydrogen-bond acceptors (Lipinski definition) is 3. The van der Waals surface area contributed by atoms with Crippen molar-refractivity contribution in [2.45, 2.75) is 5.75 Å². The van der Waals surface area contributed by atoms with Crippen LogP contribution in [0.15, 0.2) is 48.5 Å². The first kappa shape index (κ1) is 13.7. The lowest BCUT2D eigenvalue weighted by Crippen LogP contribution is -2.01. The first-order chi connectivity index (χ1) is 9.25. The Morgan fingerprint density at radius 3 is 2.74 bits per heavy atom. The monoisotopic (exact) mass is 277 g/mol. The number of nitrogens with two attached hydrogens (primary N) is 1. The molecule has 2 N–H and O–H groups in total. The molecule has 0 spiro atoms. The maximum Gasteiger partial charge on any atom is 0.127 e. The van der Waals surface area contributed by atoms with E-state index in [0.29, 0.717) is 18.0 Å².